The predicted octanol–water partition coefficient (Wildman–Crippen LogP) is -0.0129. The van der Waals surface area contributed by atoms with E-state index in [9.17, 15) is 18.0 Å². The Kier molecular flexibility index (Phi) is 5.74. The summed E-state index contributed by atoms with van der Waals surface area (Å²) in [6.45, 7) is 6.24. The van der Waals surface area contributed by atoms with Crippen LogP contribution in [0.15, 0.2) is 0 Å². The van der Waals surface area contributed by atoms with Gasteiger partial charge in [0.05, 0.1) is 24.9 Å². The van der Waals surface area contributed by atoms with Crippen molar-refractivity contribution < 1.29 is 32.3 Å². The second-order valence-electron chi connectivity index (χ2n) is 6.99. The van der Waals surface area contributed by atoms with E-state index in [1.54, 1.807) is 5.01 Å². The predicted molar refractivity (Wildman–Crippen MR) is 87.8 cm³/mol. The molecule has 0 aromatic rings. The molecule has 1 unspecified atom stereocenters. The van der Waals surface area contributed by atoms with Gasteiger partial charge in [0.25, 0.3) is 0 Å². The molecule has 11 heteroatoms. The number of hydrogen-bond donors (Lipinski definition) is 1. The zero-order chi connectivity index (χ0) is 18.9. The van der Waals surface area contributed by atoms with Crippen LogP contribution in [0.25, 0.3) is 0 Å². The molecule has 2 heterocycles. The minimum atomic E-state index is -3.35. The number of quaternary nitrogens is 1. The fourth-order valence-corrected chi connectivity index (χ4v) is 4.10. The van der Waals surface area contributed by atoms with Crippen LogP contribution in [-0.4, -0.2) is 79.1 Å². The van der Waals surface area contributed by atoms with E-state index in [1.165, 1.54) is 4.31 Å². The van der Waals surface area contributed by atoms with Crippen molar-refractivity contribution >= 4 is 22.1 Å². The molecule has 0 aliphatic carbocycles. The van der Waals surface area contributed by atoms with Crippen LogP contribution in [0, 0.1) is 0 Å². The molecule has 0 bridgehead atoms. The highest BCUT2D eigenvalue weighted by Crippen LogP contribution is 2.30. The summed E-state index contributed by atoms with van der Waals surface area (Å²) in [4.78, 5) is 29.3. The molecular formula is C14H27N4O6S+. The first-order chi connectivity index (χ1) is 11.5. The van der Waals surface area contributed by atoms with Crippen molar-refractivity contribution in [2.75, 3.05) is 39.0 Å². The third-order valence-electron chi connectivity index (χ3n) is 4.40. The Morgan fingerprint density at radius 1 is 1.40 bits per heavy atom. The van der Waals surface area contributed by atoms with Crippen molar-refractivity contribution in [1.82, 2.24) is 14.9 Å². The number of carbonyl (C=O) groups is 2. The molecule has 0 saturated carbocycles. The van der Waals surface area contributed by atoms with Crippen LogP contribution in [0.2, 0.25) is 0 Å². The second kappa shape index (κ2) is 7.16. The van der Waals surface area contributed by atoms with Gasteiger partial charge in [0.2, 0.25) is 16.6 Å². The number of nitrogens with zero attached hydrogens (tertiary/aromatic N) is 3. The topological polar surface area (TPSA) is 105 Å². The average molecular weight is 379 g/mol. The van der Waals surface area contributed by atoms with Crippen LogP contribution in [0.5, 0.6) is 0 Å². The van der Waals surface area contributed by atoms with Gasteiger partial charge < -0.3 is 9.57 Å². The standard InChI is InChI=1S/C14H27N4O6S/c1-5-6-9-23-13(20)18(10-12(19)24-15-18)17-8-7-16(25(4,21)22)11-14(17,2)3/h15H,5-11H2,1-4H3/q+1. The fourth-order valence-electron chi connectivity index (χ4n) is 3.14. The molecular weight excluding hydrogens is 352 g/mol. The van der Waals surface area contributed by atoms with Crippen LogP contribution in [-0.2, 0) is 24.4 Å². The number of piperazine rings is 1. The summed E-state index contributed by atoms with van der Waals surface area (Å²) in [7, 11) is -3.35. The number of unbranched alkanes of at least 4 members (excludes halogenated alkanes) is 1. The van der Waals surface area contributed by atoms with Gasteiger partial charge in [-0.25, -0.2) is 13.2 Å². The highest BCUT2D eigenvalue weighted by molar-refractivity contribution is 7.88. The molecule has 0 radical (unpaired) electrons. The van der Waals surface area contributed by atoms with Gasteiger partial charge in [-0.1, -0.05) is 13.3 Å². The van der Waals surface area contributed by atoms with E-state index in [4.69, 9.17) is 9.57 Å². The van der Waals surface area contributed by atoms with Crippen LogP contribution in [0.4, 0.5) is 4.79 Å². The Balaban J connectivity index is 2.26. The van der Waals surface area contributed by atoms with Crippen molar-refractivity contribution in [2.45, 2.75) is 39.2 Å². The van der Waals surface area contributed by atoms with Crippen LogP contribution in [0.1, 0.15) is 33.6 Å². The van der Waals surface area contributed by atoms with E-state index in [-0.39, 0.29) is 32.8 Å². The summed E-state index contributed by atoms with van der Waals surface area (Å²) in [6.07, 6.45) is 2.10. The molecule has 2 aliphatic heterocycles. The molecule has 0 spiro atoms. The lowest BCUT2D eigenvalue weighted by Crippen LogP contribution is -2.77. The van der Waals surface area contributed by atoms with Gasteiger partial charge in [0, 0.05) is 18.7 Å². The van der Waals surface area contributed by atoms with Gasteiger partial charge in [-0.15, -0.1) is 5.01 Å². The maximum Gasteiger partial charge on any atom is 0.560 e. The maximum atomic E-state index is 12.7. The molecule has 2 fully saturated rings. The van der Waals surface area contributed by atoms with Crippen molar-refractivity contribution in [3.05, 3.63) is 0 Å². The van der Waals surface area contributed by atoms with E-state index in [0.29, 0.717) is 6.42 Å². The van der Waals surface area contributed by atoms with E-state index < -0.39 is 32.3 Å². The van der Waals surface area contributed by atoms with E-state index in [0.717, 1.165) is 12.7 Å². The van der Waals surface area contributed by atoms with Crippen molar-refractivity contribution in [1.29, 1.82) is 0 Å². The van der Waals surface area contributed by atoms with E-state index >= 15 is 0 Å². The second-order valence-corrected chi connectivity index (χ2v) is 8.98. The molecule has 1 atom stereocenters. The lowest BCUT2D eigenvalue weighted by atomic mass is 10.0. The van der Waals surface area contributed by atoms with Gasteiger partial charge in [0.15, 0.2) is 0 Å². The van der Waals surface area contributed by atoms with E-state index in [1.807, 2.05) is 20.8 Å². The lowest BCUT2D eigenvalue weighted by molar-refractivity contribution is -1.02. The lowest BCUT2D eigenvalue weighted by Gasteiger charge is -2.49. The third kappa shape index (κ3) is 4.11. The minimum absolute atomic E-state index is 0.184. The molecule has 2 aliphatic rings. The molecule has 10 nitrogen and oxygen atoms in total. The first kappa shape index (κ1) is 20.0. The molecule has 1 amide bonds. The number of amides is 1. The summed E-state index contributed by atoms with van der Waals surface area (Å²) in [5.74, 6) is -0.575. The van der Waals surface area contributed by atoms with Crippen molar-refractivity contribution in [3.8, 4) is 0 Å². The number of nitrogens with one attached hydrogen (secondary N) is 1. The molecule has 2 rings (SSSR count). The molecule has 1 N–H and O–H groups in total. The first-order valence-corrected chi connectivity index (χ1v) is 10.1. The quantitative estimate of drug-likeness (QED) is 0.525. The van der Waals surface area contributed by atoms with Crippen LogP contribution in [0.3, 0.4) is 0 Å². The van der Waals surface area contributed by atoms with Crippen LogP contribution < -0.4 is 5.59 Å². The summed E-state index contributed by atoms with van der Waals surface area (Å²) in [6, 6.07) is 0. The minimum Gasteiger partial charge on any atom is -0.417 e. The SMILES string of the molecule is CCCCOC(=O)[N+]1(N2CCN(S(C)(=O)=O)CC2(C)C)CC(=O)ON1. The summed E-state index contributed by atoms with van der Waals surface area (Å²) >= 11 is 0. The van der Waals surface area contributed by atoms with Gasteiger partial charge in [0.1, 0.15) is 0 Å². The molecule has 0 aromatic heterocycles. The summed E-state index contributed by atoms with van der Waals surface area (Å²) < 4.78 is 29.8. The van der Waals surface area contributed by atoms with Gasteiger partial charge >= 0.3 is 12.1 Å². The van der Waals surface area contributed by atoms with Crippen molar-refractivity contribution in [3.63, 3.8) is 0 Å². The third-order valence-corrected chi connectivity index (χ3v) is 5.65. The van der Waals surface area contributed by atoms with E-state index in [2.05, 4.69) is 5.59 Å². The van der Waals surface area contributed by atoms with Gasteiger partial charge in [-0.05, 0) is 25.0 Å². The molecule has 144 valence electrons. The Bertz CT molecular complexity index is 637. The normalized spacial score (nSPS) is 27.9. The zero-order valence-corrected chi connectivity index (χ0v) is 16.0. The molecule has 2 saturated heterocycles. The highest BCUT2D eigenvalue weighted by atomic mass is 32.2. The Hall–Kier alpha value is -1.27. The molecule has 25 heavy (non-hydrogen) atoms. The van der Waals surface area contributed by atoms with Crippen LogP contribution >= 0.6 is 0 Å². The number of sulfonamides is 1. The fraction of sp³-hybridized carbons (Fsp3) is 0.857. The largest absolute Gasteiger partial charge is 0.560 e. The summed E-state index contributed by atoms with van der Waals surface area (Å²) in [5.41, 5.74) is 1.77. The number of hydrogen-bond acceptors (Lipinski definition) is 8. The van der Waals surface area contributed by atoms with Crippen molar-refractivity contribution in [2.24, 2.45) is 0 Å². The smallest absolute Gasteiger partial charge is 0.417 e. The van der Waals surface area contributed by atoms with Gasteiger partial charge in [-0.2, -0.15) is 9.10 Å². The number of carbonyl (C=O) groups excluding carboxylic acids is 2. The Morgan fingerprint density at radius 2 is 2.08 bits per heavy atom. The molecule has 0 aromatic carbocycles. The average Bonchev–Trinajstić information content (AvgIpc) is 2.88. The number of ether oxygens (including phenoxy) is 1. The first-order valence-electron chi connectivity index (χ1n) is 8.28. The summed E-state index contributed by atoms with van der Waals surface area (Å²) in [5, 5.41) is 1.72. The Morgan fingerprint density at radius 3 is 2.56 bits per heavy atom. The number of rotatable bonds is 5. The van der Waals surface area contributed by atoms with Gasteiger partial charge in [-0.3, -0.25) is 0 Å². The highest BCUT2D eigenvalue weighted by Gasteiger charge is 2.60. The Labute approximate surface area is 148 Å². The monoisotopic (exact) mass is 379 g/mol. The maximum absolute atomic E-state index is 12.7. The zero-order valence-electron chi connectivity index (χ0n) is 15.1.